The van der Waals surface area contributed by atoms with Crippen LogP contribution in [-0.2, 0) is 32.9 Å². The number of unbranched alkanes of at least 4 members (excludes halogenated alkanes) is 8. The van der Waals surface area contributed by atoms with E-state index in [-0.39, 0.29) is 19.4 Å². The topological polar surface area (TPSA) is 132 Å². The standard InChI is InChI=1S/C41H67O9P/c1-3-5-7-8-9-10-11-12-13-14-15-20-23-26-30-34-41(43)49-37(36-48-51(44,45)46)35-47-40(42)33-29-25-22-19-17-16-18-21-24-28-32-39-38(50-39)31-27-6-4-2/h9-10,12-13,15-16,18-20,22,24,28,37-39H,3-8,11,14,17,21,23,25-27,29-36H2,1-2H3,(H2,44,45,46)/b10-9-,13-12-,18-16-,20-15-,22-19-,28-24-/t37-,38?,39?/m1/s1. The lowest BCUT2D eigenvalue weighted by atomic mass is 10.1. The van der Waals surface area contributed by atoms with E-state index in [4.69, 9.17) is 24.0 Å². The molecular formula is C41H67O9P. The molecule has 0 aromatic rings. The molecule has 1 saturated heterocycles. The summed E-state index contributed by atoms with van der Waals surface area (Å²) < 4.78 is 31.9. The molecule has 2 N–H and O–H groups in total. The second kappa shape index (κ2) is 32.1. The molecule has 10 heteroatoms. The number of phosphoric acid groups is 1. The first-order chi connectivity index (χ1) is 24.7. The Hall–Kier alpha value is -2.55. The van der Waals surface area contributed by atoms with E-state index in [0.717, 1.165) is 51.4 Å². The van der Waals surface area contributed by atoms with Crippen LogP contribution in [0, 0.1) is 0 Å². The van der Waals surface area contributed by atoms with Crippen molar-refractivity contribution in [3.63, 3.8) is 0 Å². The fraction of sp³-hybridized carbons (Fsp3) is 0.659. The molecule has 0 spiro atoms. The van der Waals surface area contributed by atoms with Crippen molar-refractivity contribution in [1.82, 2.24) is 0 Å². The molecule has 0 bridgehead atoms. The summed E-state index contributed by atoms with van der Waals surface area (Å²) in [7, 11) is -4.78. The number of carbonyl (C=O) groups is 2. The van der Waals surface area contributed by atoms with E-state index in [1.54, 1.807) is 0 Å². The van der Waals surface area contributed by atoms with Crippen LogP contribution in [0.15, 0.2) is 72.9 Å². The summed E-state index contributed by atoms with van der Waals surface area (Å²) in [5, 5.41) is 0. The van der Waals surface area contributed by atoms with Gasteiger partial charge in [-0.3, -0.25) is 14.1 Å². The summed E-state index contributed by atoms with van der Waals surface area (Å²) >= 11 is 0. The number of hydrogen-bond acceptors (Lipinski definition) is 7. The predicted octanol–water partition coefficient (Wildman–Crippen LogP) is 10.5. The minimum Gasteiger partial charge on any atom is -0.462 e. The first-order valence-electron chi connectivity index (χ1n) is 19.4. The monoisotopic (exact) mass is 734 g/mol. The molecule has 9 nitrogen and oxygen atoms in total. The van der Waals surface area contributed by atoms with E-state index in [1.165, 1.54) is 44.9 Å². The SMILES string of the molecule is CCCCC/C=C\C/C=C\C/C=C\CCCCC(=O)O[C@H](COC(=O)CCC/C=C\C/C=C\C/C=C\CC1OC1CCCCC)COP(=O)(O)O. The van der Waals surface area contributed by atoms with Crippen LogP contribution < -0.4 is 0 Å². The highest BCUT2D eigenvalue weighted by atomic mass is 31.2. The van der Waals surface area contributed by atoms with Gasteiger partial charge in [-0.05, 0) is 83.5 Å². The van der Waals surface area contributed by atoms with Crippen molar-refractivity contribution in [2.45, 2.75) is 161 Å². The lowest BCUT2D eigenvalue weighted by Crippen LogP contribution is -2.29. The Morgan fingerprint density at radius 3 is 1.73 bits per heavy atom. The van der Waals surface area contributed by atoms with Gasteiger partial charge >= 0.3 is 19.8 Å². The molecule has 0 aliphatic carbocycles. The van der Waals surface area contributed by atoms with Gasteiger partial charge in [-0.25, -0.2) is 4.57 Å². The van der Waals surface area contributed by atoms with E-state index >= 15 is 0 Å². The van der Waals surface area contributed by atoms with E-state index in [0.29, 0.717) is 31.5 Å². The second-order valence-corrected chi connectivity index (χ2v) is 14.2. The average Bonchev–Trinajstić information content (AvgIpc) is 3.85. The van der Waals surface area contributed by atoms with Gasteiger partial charge in [-0.15, -0.1) is 0 Å². The Balaban J connectivity index is 2.16. The van der Waals surface area contributed by atoms with Gasteiger partial charge in [0.1, 0.15) is 6.61 Å². The highest BCUT2D eigenvalue weighted by Gasteiger charge is 2.36. The van der Waals surface area contributed by atoms with Crippen molar-refractivity contribution in [2.75, 3.05) is 13.2 Å². The van der Waals surface area contributed by atoms with Gasteiger partial charge < -0.3 is 24.0 Å². The predicted molar refractivity (Wildman–Crippen MR) is 206 cm³/mol. The molecule has 1 aliphatic rings. The Morgan fingerprint density at radius 2 is 1.14 bits per heavy atom. The summed E-state index contributed by atoms with van der Waals surface area (Å²) in [6.07, 6.45) is 43.8. The van der Waals surface area contributed by atoms with Gasteiger partial charge in [0.05, 0.1) is 18.8 Å². The van der Waals surface area contributed by atoms with Crippen molar-refractivity contribution in [2.24, 2.45) is 0 Å². The minimum absolute atomic E-state index is 0.145. The van der Waals surface area contributed by atoms with Gasteiger partial charge in [0, 0.05) is 12.8 Å². The van der Waals surface area contributed by atoms with Gasteiger partial charge in [-0.2, -0.15) is 0 Å². The van der Waals surface area contributed by atoms with Crippen LogP contribution in [0.4, 0.5) is 0 Å². The van der Waals surface area contributed by atoms with Crippen molar-refractivity contribution in [3.8, 4) is 0 Å². The van der Waals surface area contributed by atoms with E-state index < -0.39 is 32.5 Å². The van der Waals surface area contributed by atoms with Crippen LogP contribution >= 0.6 is 7.82 Å². The fourth-order valence-corrected chi connectivity index (χ4v) is 5.47. The zero-order chi connectivity index (χ0) is 37.3. The minimum atomic E-state index is -4.78. The number of phosphoric ester groups is 1. The summed E-state index contributed by atoms with van der Waals surface area (Å²) in [6, 6.07) is 0. The lowest BCUT2D eigenvalue weighted by Gasteiger charge is -2.18. The van der Waals surface area contributed by atoms with Crippen LogP contribution in [0.25, 0.3) is 0 Å². The summed E-state index contributed by atoms with van der Waals surface area (Å²) in [6.45, 7) is 3.52. The first-order valence-corrected chi connectivity index (χ1v) is 20.9. The number of carbonyl (C=O) groups excluding carboxylic acids is 2. The molecule has 0 saturated carbocycles. The third-order valence-corrected chi connectivity index (χ3v) is 8.61. The van der Waals surface area contributed by atoms with Gasteiger partial charge in [0.15, 0.2) is 6.10 Å². The smallest absolute Gasteiger partial charge is 0.462 e. The highest BCUT2D eigenvalue weighted by Crippen LogP contribution is 2.36. The molecule has 3 atom stereocenters. The maximum atomic E-state index is 12.4. The van der Waals surface area contributed by atoms with Crippen LogP contribution in [-0.4, -0.2) is 53.3 Å². The molecule has 1 heterocycles. The average molecular weight is 735 g/mol. The van der Waals surface area contributed by atoms with E-state index in [2.05, 4.69) is 85.2 Å². The molecule has 2 unspecified atom stereocenters. The first kappa shape index (κ1) is 46.5. The Morgan fingerprint density at radius 1 is 0.627 bits per heavy atom. The van der Waals surface area contributed by atoms with Crippen molar-refractivity contribution in [3.05, 3.63) is 72.9 Å². The molecule has 0 amide bonds. The third-order valence-electron chi connectivity index (χ3n) is 8.12. The molecule has 0 radical (unpaired) electrons. The Bertz CT molecular complexity index is 1120. The van der Waals surface area contributed by atoms with E-state index in [1.807, 2.05) is 6.08 Å². The van der Waals surface area contributed by atoms with Crippen LogP contribution in [0.3, 0.4) is 0 Å². The van der Waals surface area contributed by atoms with Gasteiger partial charge in [-0.1, -0.05) is 119 Å². The molecule has 1 aliphatic heterocycles. The summed E-state index contributed by atoms with van der Waals surface area (Å²) in [5.74, 6) is -1.01. The molecule has 290 valence electrons. The number of epoxide rings is 1. The lowest BCUT2D eigenvalue weighted by molar-refractivity contribution is -0.161. The zero-order valence-electron chi connectivity index (χ0n) is 31.4. The van der Waals surface area contributed by atoms with Crippen LogP contribution in [0.2, 0.25) is 0 Å². The van der Waals surface area contributed by atoms with Crippen molar-refractivity contribution in [1.29, 1.82) is 0 Å². The number of rotatable bonds is 33. The zero-order valence-corrected chi connectivity index (χ0v) is 32.3. The fourth-order valence-electron chi connectivity index (χ4n) is 5.11. The maximum absolute atomic E-state index is 12.4. The summed E-state index contributed by atoms with van der Waals surface area (Å²) in [5.41, 5.74) is 0. The molecule has 0 aromatic heterocycles. The van der Waals surface area contributed by atoms with Crippen LogP contribution in [0.1, 0.15) is 142 Å². The van der Waals surface area contributed by atoms with Crippen LogP contribution in [0.5, 0.6) is 0 Å². The Labute approximate surface area is 308 Å². The number of allylic oxidation sites excluding steroid dienone is 11. The molecule has 1 fully saturated rings. The van der Waals surface area contributed by atoms with Crippen molar-refractivity contribution < 1.29 is 42.7 Å². The molecule has 0 aromatic carbocycles. The summed E-state index contributed by atoms with van der Waals surface area (Å²) in [4.78, 5) is 42.7. The molecule has 1 rings (SSSR count). The Kier molecular flexibility index (Phi) is 29.3. The number of esters is 2. The third kappa shape index (κ3) is 31.9. The van der Waals surface area contributed by atoms with Crippen molar-refractivity contribution >= 4 is 19.8 Å². The molecular weight excluding hydrogens is 667 g/mol. The largest absolute Gasteiger partial charge is 0.469 e. The quantitative estimate of drug-likeness (QED) is 0.0222. The van der Waals surface area contributed by atoms with E-state index in [9.17, 15) is 14.2 Å². The maximum Gasteiger partial charge on any atom is 0.469 e. The van der Waals surface area contributed by atoms with Gasteiger partial charge in [0.25, 0.3) is 0 Å². The second-order valence-electron chi connectivity index (χ2n) is 12.9. The number of hydrogen-bond donors (Lipinski definition) is 2. The number of ether oxygens (including phenoxy) is 3. The highest BCUT2D eigenvalue weighted by molar-refractivity contribution is 7.46. The normalized spacial score (nSPS) is 17.3. The van der Waals surface area contributed by atoms with Gasteiger partial charge in [0.2, 0.25) is 0 Å². The molecule has 51 heavy (non-hydrogen) atoms.